The highest BCUT2D eigenvalue weighted by Crippen LogP contribution is 2.49. The highest BCUT2D eigenvalue weighted by atomic mass is 19.1. The Balaban J connectivity index is 2.16. The third-order valence-corrected chi connectivity index (χ3v) is 4.98. The first-order valence-electron chi connectivity index (χ1n) is 7.67. The Labute approximate surface area is 134 Å². The van der Waals surface area contributed by atoms with Crippen LogP contribution in [0.1, 0.15) is 25.8 Å². The standard InChI is InChI=1S/C16H21FN3O3/c1-9-6-12-10(2)23-8-16(12,19-15(9)18)13-7-11(20(21)22-3)4-5-14(13)17/h4-5,7,9-10,12H,6,8H2,1-3H3,(H2,18,19)/q+1/t9-,10+,12+,16-/m0/s1. The number of halogens is 1. The Kier molecular flexibility index (Phi) is 3.83. The largest absolute Gasteiger partial charge is 0.387 e. The fourth-order valence-electron chi connectivity index (χ4n) is 3.62. The molecule has 2 heterocycles. The SMILES string of the molecule is CO[N+](=O)c1ccc(F)c([C@]23CO[C@H](C)[C@H]2C[C@H](C)C(N)=N3)c1. The summed E-state index contributed by atoms with van der Waals surface area (Å²) in [5.74, 6) is 0.206. The van der Waals surface area contributed by atoms with Crippen molar-refractivity contribution in [3.05, 3.63) is 34.5 Å². The summed E-state index contributed by atoms with van der Waals surface area (Å²) in [6, 6.07) is 4.11. The van der Waals surface area contributed by atoms with Gasteiger partial charge in [0, 0.05) is 29.5 Å². The van der Waals surface area contributed by atoms with Gasteiger partial charge in [-0.05, 0) is 19.4 Å². The number of rotatable bonds is 3. The second-order valence-corrected chi connectivity index (χ2v) is 6.32. The minimum Gasteiger partial charge on any atom is -0.387 e. The second kappa shape index (κ2) is 5.56. The molecule has 0 radical (unpaired) electrons. The van der Waals surface area contributed by atoms with E-state index < -0.39 is 11.4 Å². The van der Waals surface area contributed by atoms with E-state index in [1.807, 2.05) is 13.8 Å². The Morgan fingerprint density at radius 1 is 1.48 bits per heavy atom. The predicted molar refractivity (Wildman–Crippen MR) is 82.7 cm³/mol. The highest BCUT2D eigenvalue weighted by molar-refractivity contribution is 5.84. The fourth-order valence-corrected chi connectivity index (χ4v) is 3.62. The normalized spacial score (nSPS) is 33.0. The summed E-state index contributed by atoms with van der Waals surface area (Å²) in [5.41, 5.74) is 5.71. The molecule has 0 spiro atoms. The number of hydrogen-bond donors (Lipinski definition) is 1. The molecule has 6 nitrogen and oxygen atoms in total. The van der Waals surface area contributed by atoms with Gasteiger partial charge in [0.1, 0.15) is 11.4 Å². The summed E-state index contributed by atoms with van der Waals surface area (Å²) in [6.07, 6.45) is 0.717. The summed E-state index contributed by atoms with van der Waals surface area (Å²) in [7, 11) is 1.26. The minimum atomic E-state index is -0.884. The maximum atomic E-state index is 14.6. The average molecular weight is 322 g/mol. The van der Waals surface area contributed by atoms with E-state index in [0.29, 0.717) is 16.3 Å². The quantitative estimate of drug-likeness (QED) is 0.867. The Hall–Kier alpha value is -2.02. The van der Waals surface area contributed by atoms with Crippen LogP contribution in [0.25, 0.3) is 0 Å². The molecule has 1 aromatic carbocycles. The zero-order valence-corrected chi connectivity index (χ0v) is 13.5. The van der Waals surface area contributed by atoms with E-state index in [9.17, 15) is 9.30 Å². The molecule has 4 atom stereocenters. The van der Waals surface area contributed by atoms with Crippen LogP contribution in [0.2, 0.25) is 0 Å². The van der Waals surface area contributed by atoms with Crippen LogP contribution >= 0.6 is 0 Å². The molecule has 7 heteroatoms. The summed E-state index contributed by atoms with van der Waals surface area (Å²) in [4.78, 5) is 21.3. The lowest BCUT2D eigenvalue weighted by atomic mass is 9.71. The molecule has 0 bridgehead atoms. The van der Waals surface area contributed by atoms with Gasteiger partial charge in [0.2, 0.25) is 0 Å². The van der Waals surface area contributed by atoms with E-state index in [-0.39, 0.29) is 30.2 Å². The predicted octanol–water partition coefficient (Wildman–Crippen LogP) is 2.42. The van der Waals surface area contributed by atoms with Crippen molar-refractivity contribution < 1.29 is 18.9 Å². The molecule has 2 aliphatic heterocycles. The van der Waals surface area contributed by atoms with Gasteiger partial charge in [-0.3, -0.25) is 4.99 Å². The van der Waals surface area contributed by atoms with Gasteiger partial charge in [-0.25, -0.2) is 9.23 Å². The Bertz CT molecular complexity index is 679. The van der Waals surface area contributed by atoms with Gasteiger partial charge in [-0.15, -0.1) is 0 Å². The first-order valence-corrected chi connectivity index (χ1v) is 7.67. The molecule has 0 amide bonds. The lowest BCUT2D eigenvalue weighted by molar-refractivity contribution is -0.736. The number of benzene rings is 1. The monoisotopic (exact) mass is 322 g/mol. The lowest BCUT2D eigenvalue weighted by Gasteiger charge is -2.38. The lowest BCUT2D eigenvalue weighted by Crippen LogP contribution is -2.44. The molecule has 0 aliphatic carbocycles. The maximum Gasteiger partial charge on any atom is 0.317 e. The van der Waals surface area contributed by atoms with E-state index in [4.69, 9.17) is 10.5 Å². The van der Waals surface area contributed by atoms with Crippen LogP contribution in [-0.4, -0.2) is 30.6 Å². The van der Waals surface area contributed by atoms with Gasteiger partial charge >= 0.3 is 5.69 Å². The van der Waals surface area contributed by atoms with Crippen molar-refractivity contribution in [3.63, 3.8) is 0 Å². The van der Waals surface area contributed by atoms with Crippen molar-refractivity contribution in [1.29, 1.82) is 0 Å². The molecule has 1 fully saturated rings. The molecule has 2 N–H and O–H groups in total. The molecule has 2 aliphatic rings. The topological polar surface area (TPSA) is 76.9 Å². The van der Waals surface area contributed by atoms with Crippen molar-refractivity contribution in [2.75, 3.05) is 13.7 Å². The van der Waals surface area contributed by atoms with Crippen LogP contribution in [0.15, 0.2) is 23.2 Å². The number of amidine groups is 1. The number of nitrogens with two attached hydrogens (primary N) is 1. The van der Waals surface area contributed by atoms with Gasteiger partial charge in [0.05, 0.1) is 23.5 Å². The van der Waals surface area contributed by atoms with Gasteiger partial charge in [0.15, 0.2) is 7.11 Å². The van der Waals surface area contributed by atoms with Crippen LogP contribution in [0.5, 0.6) is 0 Å². The minimum absolute atomic E-state index is 0.0113. The maximum absolute atomic E-state index is 14.6. The molecule has 3 rings (SSSR count). The zero-order valence-electron chi connectivity index (χ0n) is 13.5. The van der Waals surface area contributed by atoms with Crippen LogP contribution in [0.3, 0.4) is 0 Å². The average Bonchev–Trinajstić information content (AvgIpc) is 2.85. The van der Waals surface area contributed by atoms with E-state index in [0.717, 1.165) is 6.42 Å². The molecule has 1 saturated heterocycles. The van der Waals surface area contributed by atoms with E-state index in [1.165, 1.54) is 25.3 Å². The fraction of sp³-hybridized carbons (Fsp3) is 0.562. The summed E-state index contributed by atoms with van der Waals surface area (Å²) < 4.78 is 20.4. The molecular weight excluding hydrogens is 301 g/mol. The smallest absolute Gasteiger partial charge is 0.317 e. The first kappa shape index (κ1) is 15.9. The molecule has 0 saturated carbocycles. The first-order chi connectivity index (χ1) is 10.9. The van der Waals surface area contributed by atoms with Gasteiger partial charge in [-0.1, -0.05) is 6.92 Å². The molecule has 0 unspecified atom stereocenters. The van der Waals surface area contributed by atoms with Crippen molar-refractivity contribution >= 4 is 11.5 Å². The zero-order chi connectivity index (χ0) is 16.8. The summed E-state index contributed by atoms with van der Waals surface area (Å²) in [5, 5.41) is 0. The van der Waals surface area contributed by atoms with Crippen LogP contribution < -0.4 is 5.73 Å². The van der Waals surface area contributed by atoms with Crippen molar-refractivity contribution in [2.24, 2.45) is 22.6 Å². The number of hydrogen-bond acceptors (Lipinski definition) is 5. The van der Waals surface area contributed by atoms with Crippen LogP contribution in [0.4, 0.5) is 10.1 Å². The van der Waals surface area contributed by atoms with Gasteiger partial charge in [0.25, 0.3) is 4.92 Å². The number of ether oxygens (including phenoxy) is 1. The molecule has 23 heavy (non-hydrogen) atoms. The van der Waals surface area contributed by atoms with Gasteiger partial charge in [-0.2, -0.15) is 0 Å². The van der Waals surface area contributed by atoms with Crippen molar-refractivity contribution in [3.8, 4) is 0 Å². The Morgan fingerprint density at radius 2 is 2.22 bits per heavy atom. The van der Waals surface area contributed by atoms with Crippen LogP contribution in [-0.2, 0) is 15.1 Å². The van der Waals surface area contributed by atoms with E-state index in [1.54, 1.807) is 0 Å². The third kappa shape index (κ3) is 2.39. The number of nitrogens with zero attached hydrogens (tertiary/aromatic N) is 2. The van der Waals surface area contributed by atoms with Crippen molar-refractivity contribution in [2.45, 2.75) is 31.9 Å². The van der Waals surface area contributed by atoms with E-state index in [2.05, 4.69) is 9.83 Å². The molecule has 0 aromatic heterocycles. The van der Waals surface area contributed by atoms with Gasteiger partial charge < -0.3 is 10.5 Å². The molecule has 124 valence electrons. The summed E-state index contributed by atoms with van der Waals surface area (Å²) in [6.45, 7) is 4.22. The van der Waals surface area contributed by atoms with Crippen LogP contribution in [0, 0.1) is 22.6 Å². The van der Waals surface area contributed by atoms with Crippen molar-refractivity contribution in [1.82, 2.24) is 0 Å². The Morgan fingerprint density at radius 3 is 2.91 bits per heavy atom. The number of aliphatic imine (C=N–C) groups is 1. The van der Waals surface area contributed by atoms with E-state index >= 15 is 0 Å². The summed E-state index contributed by atoms with van der Waals surface area (Å²) >= 11 is 0. The second-order valence-electron chi connectivity index (χ2n) is 6.32. The third-order valence-electron chi connectivity index (χ3n) is 4.98. The number of fused-ring (bicyclic) bond motifs is 1. The molecule has 1 aromatic rings. The molecular formula is C16H21FN3O3+. The highest BCUT2D eigenvalue weighted by Gasteiger charge is 2.54.